The van der Waals surface area contributed by atoms with Crippen molar-refractivity contribution in [3.63, 3.8) is 0 Å². The van der Waals surface area contributed by atoms with Gasteiger partial charge in [0.05, 0.1) is 21.9 Å². The third-order valence-corrected chi connectivity index (χ3v) is 7.95. The molecule has 0 spiro atoms. The van der Waals surface area contributed by atoms with E-state index < -0.39 is 14.6 Å². The van der Waals surface area contributed by atoms with Crippen molar-refractivity contribution in [1.82, 2.24) is 20.0 Å². The number of nitrogens with one attached hydrogen (secondary N) is 1. The normalized spacial score (nSPS) is 18.9. The number of hydrogen-bond donors (Lipinski definition) is 1. The summed E-state index contributed by atoms with van der Waals surface area (Å²) in [5.74, 6) is 0.860. The van der Waals surface area contributed by atoms with Crippen molar-refractivity contribution in [2.75, 3.05) is 25.9 Å². The standard InChI is InChI=1S/C20H29N5O2S/c1-15-18(16(2)25(23-15)17-9-7-6-8-10-17)13-22-19(21-5)24-11-12-28(26,27)20(3,4)14-24/h6-10H,11-14H2,1-5H3,(H,21,22). The van der Waals surface area contributed by atoms with Crippen molar-refractivity contribution in [2.45, 2.75) is 39.0 Å². The summed E-state index contributed by atoms with van der Waals surface area (Å²) in [6, 6.07) is 10.1. The lowest BCUT2D eigenvalue weighted by Crippen LogP contribution is -2.57. The van der Waals surface area contributed by atoms with Crippen LogP contribution < -0.4 is 5.32 Å². The average Bonchev–Trinajstić information content (AvgIpc) is 2.93. The van der Waals surface area contributed by atoms with Crippen molar-refractivity contribution in [1.29, 1.82) is 0 Å². The summed E-state index contributed by atoms with van der Waals surface area (Å²) in [6.45, 7) is 9.08. The third-order valence-electron chi connectivity index (χ3n) is 5.42. The van der Waals surface area contributed by atoms with E-state index in [4.69, 9.17) is 0 Å². The summed E-state index contributed by atoms with van der Waals surface area (Å²) in [4.78, 5) is 6.39. The van der Waals surface area contributed by atoms with Gasteiger partial charge in [-0.15, -0.1) is 0 Å². The summed E-state index contributed by atoms with van der Waals surface area (Å²) in [7, 11) is -1.35. The Labute approximate surface area is 167 Å². The van der Waals surface area contributed by atoms with E-state index in [1.165, 1.54) is 0 Å². The maximum absolute atomic E-state index is 12.3. The smallest absolute Gasteiger partial charge is 0.193 e. The molecule has 0 saturated carbocycles. The van der Waals surface area contributed by atoms with Crippen LogP contribution in [0.15, 0.2) is 35.3 Å². The Balaban J connectivity index is 1.76. The summed E-state index contributed by atoms with van der Waals surface area (Å²) >= 11 is 0. The molecule has 0 aliphatic carbocycles. The molecule has 7 nitrogen and oxygen atoms in total. The lowest BCUT2D eigenvalue weighted by Gasteiger charge is -2.39. The van der Waals surface area contributed by atoms with Crippen LogP contribution in [0, 0.1) is 13.8 Å². The molecule has 2 heterocycles. The van der Waals surface area contributed by atoms with Crippen LogP contribution in [0.3, 0.4) is 0 Å². The molecule has 2 aromatic rings. The number of benzene rings is 1. The van der Waals surface area contributed by atoms with Gasteiger partial charge in [0, 0.05) is 37.9 Å². The highest BCUT2D eigenvalue weighted by atomic mass is 32.2. The number of aliphatic imine (C=N–C) groups is 1. The van der Waals surface area contributed by atoms with Crippen LogP contribution in [-0.4, -0.2) is 59.7 Å². The van der Waals surface area contributed by atoms with Crippen LogP contribution in [0.4, 0.5) is 0 Å². The van der Waals surface area contributed by atoms with Crippen molar-refractivity contribution in [3.8, 4) is 5.69 Å². The summed E-state index contributed by atoms with van der Waals surface area (Å²) in [5, 5.41) is 8.08. The Kier molecular flexibility index (Phi) is 5.52. The molecule has 1 aliphatic heterocycles. The Bertz CT molecular complexity index is 978. The molecule has 3 rings (SSSR count). The Morgan fingerprint density at radius 1 is 1.25 bits per heavy atom. The quantitative estimate of drug-likeness (QED) is 0.627. The zero-order valence-electron chi connectivity index (χ0n) is 17.2. The number of guanidine groups is 1. The maximum Gasteiger partial charge on any atom is 0.193 e. The second kappa shape index (κ2) is 7.58. The first kappa shape index (κ1) is 20.4. The molecule has 0 radical (unpaired) electrons. The number of aryl methyl sites for hydroxylation is 1. The number of hydrogen-bond acceptors (Lipinski definition) is 4. The minimum absolute atomic E-state index is 0.144. The first-order valence-electron chi connectivity index (χ1n) is 9.45. The fraction of sp³-hybridized carbons (Fsp3) is 0.500. The van der Waals surface area contributed by atoms with E-state index in [2.05, 4.69) is 22.3 Å². The number of sulfone groups is 1. The highest BCUT2D eigenvalue weighted by Crippen LogP contribution is 2.24. The molecule has 28 heavy (non-hydrogen) atoms. The molecule has 8 heteroatoms. The largest absolute Gasteiger partial charge is 0.352 e. The number of nitrogens with zero attached hydrogens (tertiary/aromatic N) is 4. The predicted molar refractivity (Wildman–Crippen MR) is 113 cm³/mol. The van der Waals surface area contributed by atoms with Crippen molar-refractivity contribution < 1.29 is 8.42 Å². The second-order valence-corrected chi connectivity index (χ2v) is 10.5. The lowest BCUT2D eigenvalue weighted by atomic mass is 10.2. The minimum Gasteiger partial charge on any atom is -0.352 e. The SMILES string of the molecule is CN=C(NCc1c(C)nn(-c2ccccc2)c1C)N1CCS(=O)(=O)C(C)(C)C1. The maximum atomic E-state index is 12.3. The van der Waals surface area contributed by atoms with Crippen LogP contribution in [0.1, 0.15) is 30.8 Å². The van der Waals surface area contributed by atoms with Crippen LogP contribution >= 0.6 is 0 Å². The monoisotopic (exact) mass is 403 g/mol. The van der Waals surface area contributed by atoms with E-state index in [0.29, 0.717) is 25.6 Å². The number of para-hydroxylation sites is 1. The minimum atomic E-state index is -3.08. The topological polar surface area (TPSA) is 79.6 Å². The summed E-state index contributed by atoms with van der Waals surface area (Å²) < 4.78 is 25.7. The van der Waals surface area contributed by atoms with E-state index in [-0.39, 0.29) is 5.75 Å². The van der Waals surface area contributed by atoms with Crippen LogP contribution in [0.25, 0.3) is 5.69 Å². The van der Waals surface area contributed by atoms with E-state index >= 15 is 0 Å². The molecule has 1 N–H and O–H groups in total. The zero-order valence-corrected chi connectivity index (χ0v) is 18.0. The Hall–Kier alpha value is -2.35. The molecule has 1 saturated heterocycles. The van der Waals surface area contributed by atoms with E-state index in [9.17, 15) is 8.42 Å². The van der Waals surface area contributed by atoms with E-state index in [1.807, 2.05) is 46.8 Å². The number of rotatable bonds is 3. The van der Waals surface area contributed by atoms with Crippen molar-refractivity contribution in [2.24, 2.45) is 4.99 Å². The fourth-order valence-corrected chi connectivity index (χ4v) is 4.94. The van der Waals surface area contributed by atoms with Gasteiger partial charge in [-0.3, -0.25) is 4.99 Å². The van der Waals surface area contributed by atoms with Crippen molar-refractivity contribution >= 4 is 15.8 Å². The van der Waals surface area contributed by atoms with Crippen molar-refractivity contribution in [3.05, 3.63) is 47.3 Å². The molecule has 0 atom stereocenters. The Morgan fingerprint density at radius 3 is 2.54 bits per heavy atom. The molecule has 0 amide bonds. The fourth-order valence-electron chi connectivity index (χ4n) is 3.58. The molecule has 1 fully saturated rings. The zero-order chi connectivity index (χ0) is 20.5. The molecular formula is C20H29N5O2S. The second-order valence-electron chi connectivity index (χ2n) is 7.80. The Morgan fingerprint density at radius 2 is 1.93 bits per heavy atom. The summed E-state index contributed by atoms with van der Waals surface area (Å²) in [6.07, 6.45) is 0. The van der Waals surface area contributed by atoms with Gasteiger partial charge in [0.25, 0.3) is 0 Å². The molecule has 1 aromatic heterocycles. The lowest BCUT2D eigenvalue weighted by molar-refractivity contribution is 0.353. The molecule has 1 aromatic carbocycles. The summed E-state index contributed by atoms with van der Waals surface area (Å²) in [5.41, 5.74) is 4.19. The van der Waals surface area contributed by atoms with Gasteiger partial charge in [-0.1, -0.05) is 18.2 Å². The van der Waals surface area contributed by atoms with Crippen LogP contribution in [0.2, 0.25) is 0 Å². The molecule has 0 bridgehead atoms. The molecule has 0 unspecified atom stereocenters. The molecule has 1 aliphatic rings. The van der Waals surface area contributed by atoms with Crippen LogP contribution in [0.5, 0.6) is 0 Å². The van der Waals surface area contributed by atoms with E-state index in [0.717, 1.165) is 22.6 Å². The van der Waals surface area contributed by atoms with Gasteiger partial charge < -0.3 is 10.2 Å². The van der Waals surface area contributed by atoms with Gasteiger partial charge in [-0.25, -0.2) is 13.1 Å². The van der Waals surface area contributed by atoms with Gasteiger partial charge in [0.2, 0.25) is 0 Å². The first-order valence-corrected chi connectivity index (χ1v) is 11.1. The van der Waals surface area contributed by atoms with Gasteiger partial charge >= 0.3 is 0 Å². The van der Waals surface area contributed by atoms with E-state index in [1.54, 1.807) is 20.9 Å². The predicted octanol–water partition coefficient (Wildman–Crippen LogP) is 2.07. The van der Waals surface area contributed by atoms with Crippen LogP contribution in [-0.2, 0) is 16.4 Å². The molecule has 152 valence electrons. The van der Waals surface area contributed by atoms with Gasteiger partial charge in [0.1, 0.15) is 0 Å². The first-order chi connectivity index (χ1) is 13.2. The molecular weight excluding hydrogens is 374 g/mol. The third kappa shape index (κ3) is 3.78. The highest BCUT2D eigenvalue weighted by molar-refractivity contribution is 7.92. The van der Waals surface area contributed by atoms with Gasteiger partial charge in [0.15, 0.2) is 15.8 Å². The van der Waals surface area contributed by atoms with Gasteiger partial charge in [-0.05, 0) is 39.8 Å². The average molecular weight is 404 g/mol. The van der Waals surface area contributed by atoms with Gasteiger partial charge in [-0.2, -0.15) is 5.10 Å². The highest BCUT2D eigenvalue weighted by Gasteiger charge is 2.41. The number of aromatic nitrogens is 2.